The highest BCUT2D eigenvalue weighted by Crippen LogP contribution is 2.24. The van der Waals surface area contributed by atoms with Crippen molar-refractivity contribution in [2.45, 2.75) is 37.6 Å². The molecule has 1 aliphatic heterocycles. The Bertz CT molecular complexity index is 335. The van der Waals surface area contributed by atoms with Gasteiger partial charge in [0.1, 0.15) is 6.04 Å². The highest BCUT2D eigenvalue weighted by Gasteiger charge is 2.30. The van der Waals surface area contributed by atoms with Crippen molar-refractivity contribution in [2.75, 3.05) is 12.3 Å². The van der Waals surface area contributed by atoms with Gasteiger partial charge in [0.25, 0.3) is 0 Å². The summed E-state index contributed by atoms with van der Waals surface area (Å²) in [5.74, 6) is -0.145. The van der Waals surface area contributed by atoms with Crippen molar-refractivity contribution in [3.8, 4) is 0 Å². The summed E-state index contributed by atoms with van der Waals surface area (Å²) in [6.45, 7) is 8.22. The molecular weight excluding hydrogens is 252 g/mol. The Morgan fingerprint density at radius 2 is 2.28 bits per heavy atom. The highest BCUT2D eigenvalue weighted by molar-refractivity contribution is 8.00. The fourth-order valence-corrected chi connectivity index (χ4v) is 2.94. The number of hydrogen-bond donors (Lipinski definition) is 2. The van der Waals surface area contributed by atoms with Gasteiger partial charge in [-0.2, -0.15) is 11.8 Å². The predicted molar refractivity (Wildman–Crippen MR) is 72.9 cm³/mol. The molecule has 0 bridgehead atoms. The van der Waals surface area contributed by atoms with Gasteiger partial charge >= 0.3 is 12.0 Å². The zero-order valence-electron chi connectivity index (χ0n) is 10.8. The third kappa shape index (κ3) is 3.66. The van der Waals surface area contributed by atoms with Crippen LogP contribution in [0.5, 0.6) is 0 Å². The Hall–Kier alpha value is -1.17. The number of rotatable bonds is 4. The topological polar surface area (TPSA) is 69.6 Å². The Kier molecular flexibility index (Phi) is 5.53. The molecule has 2 amide bonds. The van der Waals surface area contributed by atoms with Crippen LogP contribution in [0.1, 0.15) is 20.3 Å². The van der Waals surface area contributed by atoms with Crippen LogP contribution in [-0.2, 0) is 4.79 Å². The monoisotopic (exact) mass is 272 g/mol. The molecule has 102 valence electrons. The second kappa shape index (κ2) is 6.68. The number of urea groups is 1. The van der Waals surface area contributed by atoms with Gasteiger partial charge in [-0.25, -0.2) is 9.59 Å². The van der Waals surface area contributed by atoms with E-state index >= 15 is 0 Å². The molecule has 0 aliphatic carbocycles. The lowest BCUT2D eigenvalue weighted by Gasteiger charge is -2.37. The van der Waals surface area contributed by atoms with Gasteiger partial charge in [0.2, 0.25) is 0 Å². The molecule has 1 aliphatic rings. The van der Waals surface area contributed by atoms with E-state index in [1.54, 1.807) is 4.90 Å². The number of hydrogen-bond acceptors (Lipinski definition) is 3. The minimum absolute atomic E-state index is 0.113. The Balaban J connectivity index is 2.62. The summed E-state index contributed by atoms with van der Waals surface area (Å²) in [5, 5.41) is 11.9. The predicted octanol–water partition coefficient (Wildman–Crippen LogP) is 1.55. The zero-order chi connectivity index (χ0) is 13.7. The molecule has 1 fully saturated rings. The number of carboxylic acids is 1. The van der Waals surface area contributed by atoms with E-state index in [0.29, 0.717) is 11.8 Å². The first-order valence-corrected chi connectivity index (χ1v) is 7.04. The molecule has 0 radical (unpaired) electrons. The standard InChI is InChI=1S/C12H20N2O3S/c1-4-5-10(11(15)16)13-12(17)14-6-7-18-9(3)8(14)2/h4,8-10H,1,5-7H2,2-3H3,(H,13,17)(H,15,16). The van der Waals surface area contributed by atoms with Gasteiger partial charge in [-0.1, -0.05) is 13.0 Å². The third-order valence-electron chi connectivity index (χ3n) is 3.14. The van der Waals surface area contributed by atoms with Crippen LogP contribution < -0.4 is 5.32 Å². The maximum Gasteiger partial charge on any atom is 0.326 e. The van der Waals surface area contributed by atoms with E-state index in [0.717, 1.165) is 5.75 Å². The Morgan fingerprint density at radius 1 is 1.61 bits per heavy atom. The van der Waals surface area contributed by atoms with E-state index in [-0.39, 0.29) is 18.5 Å². The van der Waals surface area contributed by atoms with Crippen molar-refractivity contribution in [3.63, 3.8) is 0 Å². The van der Waals surface area contributed by atoms with E-state index in [2.05, 4.69) is 18.8 Å². The summed E-state index contributed by atoms with van der Waals surface area (Å²) in [6.07, 6.45) is 1.73. The number of thioether (sulfide) groups is 1. The lowest BCUT2D eigenvalue weighted by molar-refractivity contribution is -0.139. The Morgan fingerprint density at radius 3 is 2.83 bits per heavy atom. The van der Waals surface area contributed by atoms with Crippen molar-refractivity contribution >= 4 is 23.8 Å². The van der Waals surface area contributed by atoms with Gasteiger partial charge < -0.3 is 15.3 Å². The van der Waals surface area contributed by atoms with Crippen LogP contribution in [0.25, 0.3) is 0 Å². The van der Waals surface area contributed by atoms with Crippen molar-refractivity contribution in [2.24, 2.45) is 0 Å². The fourth-order valence-electron chi connectivity index (χ4n) is 1.84. The molecule has 1 heterocycles. The number of carbonyl (C=O) groups is 2. The molecule has 6 heteroatoms. The van der Waals surface area contributed by atoms with Crippen molar-refractivity contribution < 1.29 is 14.7 Å². The number of aliphatic carboxylic acids is 1. The van der Waals surface area contributed by atoms with Crippen LogP contribution in [0.2, 0.25) is 0 Å². The molecule has 3 atom stereocenters. The van der Waals surface area contributed by atoms with Gasteiger partial charge in [-0.3, -0.25) is 0 Å². The molecule has 3 unspecified atom stereocenters. The molecule has 0 saturated carbocycles. The summed E-state index contributed by atoms with van der Waals surface area (Å²) < 4.78 is 0. The molecule has 0 spiro atoms. The second-order valence-electron chi connectivity index (χ2n) is 4.37. The van der Waals surface area contributed by atoms with Crippen LogP contribution in [0.4, 0.5) is 4.79 Å². The first-order valence-electron chi connectivity index (χ1n) is 5.99. The maximum absolute atomic E-state index is 12.1. The first kappa shape index (κ1) is 14.9. The number of amides is 2. The van der Waals surface area contributed by atoms with Crippen molar-refractivity contribution in [1.29, 1.82) is 0 Å². The summed E-state index contributed by atoms with van der Waals surface area (Å²) in [5.41, 5.74) is 0. The summed E-state index contributed by atoms with van der Waals surface area (Å²) >= 11 is 1.83. The SMILES string of the molecule is C=CCC(NC(=O)N1CCSC(C)C1C)C(=O)O. The van der Waals surface area contributed by atoms with Crippen LogP contribution >= 0.6 is 11.8 Å². The smallest absolute Gasteiger partial charge is 0.326 e. The van der Waals surface area contributed by atoms with Gasteiger partial charge in [0.05, 0.1) is 0 Å². The van der Waals surface area contributed by atoms with E-state index in [1.165, 1.54) is 6.08 Å². The summed E-state index contributed by atoms with van der Waals surface area (Å²) in [4.78, 5) is 24.7. The van der Waals surface area contributed by atoms with E-state index in [1.807, 2.05) is 18.7 Å². The van der Waals surface area contributed by atoms with Crippen LogP contribution in [0, 0.1) is 0 Å². The second-order valence-corrected chi connectivity index (χ2v) is 5.86. The quantitative estimate of drug-likeness (QED) is 0.762. The van der Waals surface area contributed by atoms with E-state index in [4.69, 9.17) is 5.11 Å². The largest absolute Gasteiger partial charge is 0.480 e. The summed E-state index contributed by atoms with van der Waals surface area (Å²) in [6, 6.07) is -1.09. The molecule has 5 nitrogen and oxygen atoms in total. The molecule has 2 N–H and O–H groups in total. The van der Waals surface area contributed by atoms with Crippen LogP contribution in [-0.4, -0.2) is 51.6 Å². The number of nitrogens with zero attached hydrogens (tertiary/aromatic N) is 1. The average molecular weight is 272 g/mol. The Labute approximate surface area is 112 Å². The zero-order valence-corrected chi connectivity index (χ0v) is 11.6. The summed E-state index contributed by atoms with van der Waals surface area (Å²) in [7, 11) is 0. The lowest BCUT2D eigenvalue weighted by atomic mass is 10.2. The van der Waals surface area contributed by atoms with Gasteiger partial charge in [-0.05, 0) is 13.3 Å². The molecule has 1 rings (SSSR count). The van der Waals surface area contributed by atoms with Gasteiger partial charge in [-0.15, -0.1) is 6.58 Å². The van der Waals surface area contributed by atoms with E-state index < -0.39 is 12.0 Å². The van der Waals surface area contributed by atoms with E-state index in [9.17, 15) is 9.59 Å². The van der Waals surface area contributed by atoms with Crippen LogP contribution in [0.15, 0.2) is 12.7 Å². The molecule has 0 aromatic carbocycles. The average Bonchev–Trinajstić information content (AvgIpc) is 2.31. The van der Waals surface area contributed by atoms with Gasteiger partial charge in [0, 0.05) is 23.6 Å². The minimum Gasteiger partial charge on any atom is -0.480 e. The number of carbonyl (C=O) groups excluding carboxylic acids is 1. The molecule has 1 saturated heterocycles. The van der Waals surface area contributed by atoms with Crippen LogP contribution in [0.3, 0.4) is 0 Å². The third-order valence-corrected chi connectivity index (χ3v) is 4.48. The molecule has 0 aromatic rings. The van der Waals surface area contributed by atoms with Crippen molar-refractivity contribution in [1.82, 2.24) is 10.2 Å². The normalized spacial score (nSPS) is 25.3. The maximum atomic E-state index is 12.1. The molecule has 18 heavy (non-hydrogen) atoms. The fraction of sp³-hybridized carbons (Fsp3) is 0.667. The van der Waals surface area contributed by atoms with Gasteiger partial charge in [0.15, 0.2) is 0 Å². The number of carboxylic acid groups (broad SMARTS) is 1. The first-order chi connectivity index (χ1) is 8.47. The number of nitrogens with one attached hydrogen (secondary N) is 1. The lowest BCUT2D eigenvalue weighted by Crippen LogP contribution is -2.55. The van der Waals surface area contributed by atoms with Crippen molar-refractivity contribution in [3.05, 3.63) is 12.7 Å². The minimum atomic E-state index is -1.03. The highest BCUT2D eigenvalue weighted by atomic mass is 32.2. The molecular formula is C12H20N2O3S. The molecule has 0 aromatic heterocycles.